The van der Waals surface area contributed by atoms with E-state index in [1.807, 2.05) is 6.07 Å². The predicted octanol–water partition coefficient (Wildman–Crippen LogP) is 3.71. The Morgan fingerprint density at radius 1 is 1.16 bits per heavy atom. The van der Waals surface area contributed by atoms with Crippen LogP contribution >= 0.6 is 0 Å². The highest BCUT2D eigenvalue weighted by Crippen LogP contribution is 2.33. The minimum Gasteiger partial charge on any atom is -0.301 e. The van der Waals surface area contributed by atoms with Crippen LogP contribution in [0.15, 0.2) is 42.5 Å². The summed E-state index contributed by atoms with van der Waals surface area (Å²) in [5.41, 5.74) is 4.47. The summed E-state index contributed by atoms with van der Waals surface area (Å²) in [4.78, 5) is 2.30. The van der Waals surface area contributed by atoms with Gasteiger partial charge in [-0.05, 0) is 42.3 Å². The molecule has 19 heavy (non-hydrogen) atoms. The van der Waals surface area contributed by atoms with E-state index in [-0.39, 0.29) is 11.7 Å². The fourth-order valence-corrected chi connectivity index (χ4v) is 2.89. The van der Waals surface area contributed by atoms with Gasteiger partial charge in [0.2, 0.25) is 0 Å². The SMILES string of the molecule is Cc1ccc([C@H]2CN(C)Cc3ccccc32)cc1F. The Morgan fingerprint density at radius 2 is 1.95 bits per heavy atom. The van der Waals surface area contributed by atoms with Gasteiger partial charge in [0.1, 0.15) is 5.82 Å². The zero-order valence-electron chi connectivity index (χ0n) is 11.4. The molecular formula is C17H18FN. The molecule has 3 rings (SSSR count). The Morgan fingerprint density at radius 3 is 2.74 bits per heavy atom. The van der Waals surface area contributed by atoms with Crippen molar-refractivity contribution in [3.63, 3.8) is 0 Å². The second-order valence-electron chi connectivity index (χ2n) is 5.46. The molecule has 1 aliphatic rings. The third kappa shape index (κ3) is 2.28. The van der Waals surface area contributed by atoms with Crippen LogP contribution in [0, 0.1) is 12.7 Å². The average Bonchev–Trinajstić information content (AvgIpc) is 2.41. The van der Waals surface area contributed by atoms with E-state index < -0.39 is 0 Å². The number of rotatable bonds is 1. The zero-order valence-corrected chi connectivity index (χ0v) is 11.4. The molecule has 0 spiro atoms. The number of halogens is 1. The molecule has 0 N–H and O–H groups in total. The number of likely N-dealkylation sites (N-methyl/N-ethyl adjacent to an activating group) is 1. The van der Waals surface area contributed by atoms with Crippen molar-refractivity contribution in [2.24, 2.45) is 0 Å². The fraction of sp³-hybridized carbons (Fsp3) is 0.294. The first-order valence-electron chi connectivity index (χ1n) is 6.67. The standard InChI is InChI=1S/C17H18FN/c1-12-7-8-13(9-17(12)18)16-11-19(2)10-14-5-3-4-6-15(14)16/h3-9,16H,10-11H2,1-2H3/t16-/m1/s1. The van der Waals surface area contributed by atoms with Crippen LogP contribution in [-0.2, 0) is 6.54 Å². The van der Waals surface area contributed by atoms with Crippen LogP contribution in [0.4, 0.5) is 4.39 Å². The van der Waals surface area contributed by atoms with E-state index in [1.54, 1.807) is 13.0 Å². The second-order valence-corrected chi connectivity index (χ2v) is 5.46. The van der Waals surface area contributed by atoms with E-state index in [0.717, 1.165) is 18.7 Å². The molecule has 0 fully saturated rings. The van der Waals surface area contributed by atoms with Crippen molar-refractivity contribution in [2.75, 3.05) is 13.6 Å². The van der Waals surface area contributed by atoms with Crippen LogP contribution in [0.2, 0.25) is 0 Å². The van der Waals surface area contributed by atoms with Gasteiger partial charge in [-0.1, -0.05) is 36.4 Å². The number of hydrogen-bond donors (Lipinski definition) is 0. The van der Waals surface area contributed by atoms with Gasteiger partial charge in [-0.25, -0.2) is 4.39 Å². The molecule has 2 heteroatoms. The lowest BCUT2D eigenvalue weighted by atomic mass is 9.84. The third-order valence-electron chi connectivity index (χ3n) is 3.96. The summed E-state index contributed by atoms with van der Waals surface area (Å²) in [6, 6.07) is 14.1. The van der Waals surface area contributed by atoms with Gasteiger partial charge in [-0.2, -0.15) is 0 Å². The molecule has 0 radical (unpaired) electrons. The number of nitrogens with zero attached hydrogens (tertiary/aromatic N) is 1. The maximum absolute atomic E-state index is 13.8. The molecule has 0 aromatic heterocycles. The molecular weight excluding hydrogens is 237 g/mol. The highest BCUT2D eigenvalue weighted by Gasteiger charge is 2.24. The van der Waals surface area contributed by atoms with Gasteiger partial charge < -0.3 is 4.90 Å². The van der Waals surface area contributed by atoms with Crippen molar-refractivity contribution in [1.29, 1.82) is 0 Å². The molecule has 1 heterocycles. The lowest BCUT2D eigenvalue weighted by molar-refractivity contribution is 0.295. The maximum Gasteiger partial charge on any atom is 0.126 e. The topological polar surface area (TPSA) is 3.24 Å². The predicted molar refractivity (Wildman–Crippen MR) is 75.8 cm³/mol. The molecule has 1 atom stereocenters. The fourth-order valence-electron chi connectivity index (χ4n) is 2.89. The van der Waals surface area contributed by atoms with Crippen LogP contribution < -0.4 is 0 Å². The van der Waals surface area contributed by atoms with E-state index in [1.165, 1.54) is 11.1 Å². The summed E-state index contributed by atoms with van der Waals surface area (Å²) in [6.07, 6.45) is 0. The van der Waals surface area contributed by atoms with E-state index in [4.69, 9.17) is 0 Å². The summed E-state index contributed by atoms with van der Waals surface area (Å²) in [5, 5.41) is 0. The van der Waals surface area contributed by atoms with Crippen LogP contribution in [0.1, 0.15) is 28.2 Å². The minimum absolute atomic E-state index is 0.108. The molecule has 1 aliphatic heterocycles. The van der Waals surface area contributed by atoms with Crippen molar-refractivity contribution in [2.45, 2.75) is 19.4 Å². The van der Waals surface area contributed by atoms with Crippen molar-refractivity contribution in [1.82, 2.24) is 4.90 Å². The largest absolute Gasteiger partial charge is 0.301 e. The van der Waals surface area contributed by atoms with E-state index in [2.05, 4.69) is 42.3 Å². The first kappa shape index (κ1) is 12.4. The number of benzene rings is 2. The third-order valence-corrected chi connectivity index (χ3v) is 3.96. The van der Waals surface area contributed by atoms with Crippen LogP contribution in [-0.4, -0.2) is 18.5 Å². The summed E-state index contributed by atoms with van der Waals surface area (Å²) >= 11 is 0. The van der Waals surface area contributed by atoms with Crippen LogP contribution in [0.3, 0.4) is 0 Å². The molecule has 98 valence electrons. The molecule has 1 nitrogen and oxygen atoms in total. The Hall–Kier alpha value is -1.67. The lowest BCUT2D eigenvalue weighted by Crippen LogP contribution is -2.30. The van der Waals surface area contributed by atoms with Crippen molar-refractivity contribution in [3.05, 3.63) is 70.5 Å². The number of fused-ring (bicyclic) bond motifs is 1. The van der Waals surface area contributed by atoms with Crippen molar-refractivity contribution in [3.8, 4) is 0 Å². The van der Waals surface area contributed by atoms with Gasteiger partial charge in [-0.3, -0.25) is 0 Å². The highest BCUT2D eigenvalue weighted by atomic mass is 19.1. The van der Waals surface area contributed by atoms with Gasteiger partial charge in [0.15, 0.2) is 0 Å². The number of hydrogen-bond acceptors (Lipinski definition) is 1. The summed E-state index contributed by atoms with van der Waals surface area (Å²) < 4.78 is 13.8. The smallest absolute Gasteiger partial charge is 0.126 e. The molecule has 0 unspecified atom stereocenters. The first-order valence-corrected chi connectivity index (χ1v) is 6.67. The summed E-state index contributed by atoms with van der Waals surface area (Å²) in [6.45, 7) is 3.72. The Bertz CT molecular complexity index is 606. The van der Waals surface area contributed by atoms with E-state index in [9.17, 15) is 4.39 Å². The Balaban J connectivity index is 2.07. The Kier molecular flexibility index (Phi) is 3.11. The molecule has 0 saturated carbocycles. The summed E-state index contributed by atoms with van der Waals surface area (Å²) in [5.74, 6) is 0.160. The Labute approximate surface area is 113 Å². The quantitative estimate of drug-likeness (QED) is 0.751. The minimum atomic E-state index is -0.108. The van der Waals surface area contributed by atoms with E-state index >= 15 is 0 Å². The first-order chi connectivity index (χ1) is 9.15. The van der Waals surface area contributed by atoms with Crippen molar-refractivity contribution >= 4 is 0 Å². The normalized spacial score (nSPS) is 19.2. The molecule has 0 saturated heterocycles. The molecule has 2 aromatic rings. The van der Waals surface area contributed by atoms with Crippen LogP contribution in [0.5, 0.6) is 0 Å². The maximum atomic E-state index is 13.8. The zero-order chi connectivity index (χ0) is 13.4. The monoisotopic (exact) mass is 255 g/mol. The number of aryl methyl sites for hydroxylation is 1. The van der Waals surface area contributed by atoms with Gasteiger partial charge >= 0.3 is 0 Å². The van der Waals surface area contributed by atoms with Gasteiger partial charge in [0.25, 0.3) is 0 Å². The van der Waals surface area contributed by atoms with E-state index in [0.29, 0.717) is 5.56 Å². The van der Waals surface area contributed by atoms with Crippen LogP contribution in [0.25, 0.3) is 0 Å². The van der Waals surface area contributed by atoms with Gasteiger partial charge in [0.05, 0.1) is 0 Å². The summed E-state index contributed by atoms with van der Waals surface area (Å²) in [7, 11) is 2.12. The van der Waals surface area contributed by atoms with Crippen molar-refractivity contribution < 1.29 is 4.39 Å². The molecule has 0 bridgehead atoms. The molecule has 2 aromatic carbocycles. The molecule has 0 amide bonds. The highest BCUT2D eigenvalue weighted by molar-refractivity contribution is 5.41. The van der Waals surface area contributed by atoms with Gasteiger partial charge in [-0.15, -0.1) is 0 Å². The lowest BCUT2D eigenvalue weighted by Gasteiger charge is -2.32. The second kappa shape index (κ2) is 4.78. The average molecular weight is 255 g/mol. The van der Waals surface area contributed by atoms with Gasteiger partial charge in [0, 0.05) is 19.0 Å². The molecule has 0 aliphatic carbocycles.